The van der Waals surface area contributed by atoms with Gasteiger partial charge in [0.15, 0.2) is 17.3 Å². The van der Waals surface area contributed by atoms with Crippen molar-refractivity contribution in [1.82, 2.24) is 0 Å². The first kappa shape index (κ1) is 16.0. The zero-order valence-corrected chi connectivity index (χ0v) is 13.0. The lowest BCUT2D eigenvalue weighted by molar-refractivity contribution is -0.313. The number of rotatable bonds is 4. The molecule has 0 aromatic heterocycles. The van der Waals surface area contributed by atoms with E-state index in [1.54, 1.807) is 12.2 Å². The van der Waals surface area contributed by atoms with Crippen molar-refractivity contribution >= 4 is 23.3 Å². The van der Waals surface area contributed by atoms with E-state index in [0.29, 0.717) is 17.9 Å². The van der Waals surface area contributed by atoms with Gasteiger partial charge in [0.05, 0.1) is 11.6 Å². The van der Waals surface area contributed by atoms with Crippen molar-refractivity contribution < 1.29 is 29.0 Å². The standard InChI is InChI=1S/C17H17NO6/c1-9(19)12-6-14-15(24-8-23-14)7-13(12)18-16(20)10-4-2-3-5-11(10)17(21)22/h2-3,6-7,10-11H,4-5,8H2,1H3,(H,18,20)(H,21,22)/p-1/t10-,11-/m0/s1. The molecule has 0 radical (unpaired) electrons. The summed E-state index contributed by atoms with van der Waals surface area (Å²) in [4.78, 5) is 35.6. The van der Waals surface area contributed by atoms with Crippen LogP contribution in [0, 0.1) is 11.8 Å². The molecule has 0 bridgehead atoms. The Morgan fingerprint density at radius 3 is 2.33 bits per heavy atom. The molecule has 1 aliphatic heterocycles. The number of benzene rings is 1. The zero-order chi connectivity index (χ0) is 17.3. The Bertz CT molecular complexity index is 739. The number of anilines is 1. The summed E-state index contributed by atoms with van der Waals surface area (Å²) in [5, 5.41) is 13.9. The van der Waals surface area contributed by atoms with Crippen molar-refractivity contribution in [3.8, 4) is 11.5 Å². The minimum absolute atomic E-state index is 0.0459. The van der Waals surface area contributed by atoms with Gasteiger partial charge in [-0.05, 0) is 25.8 Å². The highest BCUT2D eigenvalue weighted by molar-refractivity contribution is 6.05. The van der Waals surface area contributed by atoms with Crippen LogP contribution in [0.5, 0.6) is 11.5 Å². The van der Waals surface area contributed by atoms with Crippen LogP contribution in [0.15, 0.2) is 24.3 Å². The molecule has 7 heteroatoms. The molecule has 0 unspecified atom stereocenters. The van der Waals surface area contributed by atoms with Crippen LogP contribution in [0.4, 0.5) is 5.69 Å². The summed E-state index contributed by atoms with van der Waals surface area (Å²) >= 11 is 0. The van der Waals surface area contributed by atoms with E-state index in [0.717, 1.165) is 0 Å². The smallest absolute Gasteiger partial charge is 0.231 e. The summed E-state index contributed by atoms with van der Waals surface area (Å²) in [5.41, 5.74) is 0.562. The molecule has 1 N–H and O–H groups in total. The van der Waals surface area contributed by atoms with Crippen LogP contribution in [-0.4, -0.2) is 24.5 Å². The zero-order valence-electron chi connectivity index (χ0n) is 13.0. The number of ether oxygens (including phenoxy) is 2. The Kier molecular flexibility index (Phi) is 4.24. The molecule has 24 heavy (non-hydrogen) atoms. The van der Waals surface area contributed by atoms with Gasteiger partial charge in [-0.25, -0.2) is 0 Å². The molecule has 0 fully saturated rings. The lowest BCUT2D eigenvalue weighted by Gasteiger charge is -2.28. The van der Waals surface area contributed by atoms with Gasteiger partial charge in [-0.15, -0.1) is 0 Å². The second kappa shape index (κ2) is 6.35. The molecular formula is C17H16NO6-. The largest absolute Gasteiger partial charge is 0.550 e. The van der Waals surface area contributed by atoms with Crippen LogP contribution in [-0.2, 0) is 9.59 Å². The number of amides is 1. The van der Waals surface area contributed by atoms with Crippen LogP contribution in [0.25, 0.3) is 0 Å². The molecule has 1 aromatic rings. The van der Waals surface area contributed by atoms with E-state index in [2.05, 4.69) is 5.32 Å². The maximum Gasteiger partial charge on any atom is 0.231 e. The molecule has 7 nitrogen and oxygen atoms in total. The summed E-state index contributed by atoms with van der Waals surface area (Å²) in [6.07, 6.45) is 4.06. The van der Waals surface area contributed by atoms with E-state index in [4.69, 9.17) is 9.47 Å². The third kappa shape index (κ3) is 2.97. The third-order valence-corrected chi connectivity index (χ3v) is 4.22. The predicted octanol–water partition coefficient (Wildman–Crippen LogP) is 0.889. The Balaban J connectivity index is 1.87. The van der Waals surface area contributed by atoms with Crippen molar-refractivity contribution in [2.24, 2.45) is 11.8 Å². The lowest BCUT2D eigenvalue weighted by Crippen LogP contribution is -2.41. The Morgan fingerprint density at radius 2 is 1.71 bits per heavy atom. The third-order valence-electron chi connectivity index (χ3n) is 4.22. The van der Waals surface area contributed by atoms with Crippen LogP contribution < -0.4 is 19.9 Å². The molecular weight excluding hydrogens is 314 g/mol. The fourth-order valence-electron chi connectivity index (χ4n) is 2.93. The minimum Gasteiger partial charge on any atom is -0.550 e. The average molecular weight is 330 g/mol. The maximum atomic E-state index is 12.5. The van der Waals surface area contributed by atoms with Gasteiger partial charge < -0.3 is 24.7 Å². The molecule has 0 saturated carbocycles. The van der Waals surface area contributed by atoms with Crippen molar-refractivity contribution in [3.63, 3.8) is 0 Å². The first-order valence-corrected chi connectivity index (χ1v) is 7.58. The summed E-state index contributed by atoms with van der Waals surface area (Å²) in [6, 6.07) is 3.03. The van der Waals surface area contributed by atoms with Crippen molar-refractivity contribution in [2.45, 2.75) is 19.8 Å². The molecule has 3 rings (SSSR count). The van der Waals surface area contributed by atoms with Crippen LogP contribution in [0.2, 0.25) is 0 Å². The molecule has 1 aromatic carbocycles. The van der Waals surface area contributed by atoms with Crippen molar-refractivity contribution in [2.75, 3.05) is 12.1 Å². The molecule has 0 spiro atoms. The van der Waals surface area contributed by atoms with E-state index < -0.39 is 23.7 Å². The SMILES string of the molecule is CC(=O)c1cc2c(cc1NC(=O)[C@H]1CC=CC[C@@H]1C(=O)[O-])OCO2. The predicted molar refractivity (Wildman–Crippen MR) is 81.6 cm³/mol. The molecule has 2 aliphatic rings. The number of carbonyl (C=O) groups excluding carboxylic acids is 3. The second-order valence-corrected chi connectivity index (χ2v) is 5.77. The van der Waals surface area contributed by atoms with Gasteiger partial charge in [0.25, 0.3) is 0 Å². The quantitative estimate of drug-likeness (QED) is 0.649. The van der Waals surface area contributed by atoms with Gasteiger partial charge in [-0.1, -0.05) is 12.2 Å². The van der Waals surface area contributed by atoms with E-state index >= 15 is 0 Å². The number of carboxylic acids is 1. The van der Waals surface area contributed by atoms with Gasteiger partial charge in [0.1, 0.15) is 0 Å². The topological polar surface area (TPSA) is 105 Å². The summed E-state index contributed by atoms with van der Waals surface area (Å²) < 4.78 is 10.5. The average Bonchev–Trinajstić information content (AvgIpc) is 3.01. The van der Waals surface area contributed by atoms with Gasteiger partial charge >= 0.3 is 0 Å². The highest BCUT2D eigenvalue weighted by Gasteiger charge is 2.31. The van der Waals surface area contributed by atoms with Crippen LogP contribution >= 0.6 is 0 Å². The first-order chi connectivity index (χ1) is 11.5. The maximum absolute atomic E-state index is 12.5. The van der Waals surface area contributed by atoms with E-state index in [1.807, 2.05) is 0 Å². The van der Waals surface area contributed by atoms with E-state index in [-0.39, 0.29) is 30.2 Å². The number of aliphatic carboxylic acids is 1. The lowest BCUT2D eigenvalue weighted by atomic mass is 9.82. The number of hydrogen-bond acceptors (Lipinski definition) is 6. The monoisotopic (exact) mass is 330 g/mol. The molecule has 2 atom stereocenters. The fourth-order valence-corrected chi connectivity index (χ4v) is 2.93. The Labute approximate surface area is 138 Å². The number of ketones is 1. The highest BCUT2D eigenvalue weighted by Crippen LogP contribution is 2.38. The first-order valence-electron chi connectivity index (χ1n) is 7.58. The van der Waals surface area contributed by atoms with Gasteiger partial charge in [0.2, 0.25) is 12.7 Å². The number of carbonyl (C=O) groups is 3. The van der Waals surface area contributed by atoms with Crippen molar-refractivity contribution in [1.29, 1.82) is 0 Å². The van der Waals surface area contributed by atoms with Gasteiger partial charge in [0, 0.05) is 23.5 Å². The van der Waals surface area contributed by atoms with Crippen molar-refractivity contribution in [3.05, 3.63) is 29.8 Å². The Morgan fingerprint density at radius 1 is 1.08 bits per heavy atom. The Hall–Kier alpha value is -2.83. The number of hydrogen-bond donors (Lipinski definition) is 1. The number of carboxylic acid groups (broad SMARTS) is 1. The fraction of sp³-hybridized carbons (Fsp3) is 0.353. The number of fused-ring (bicyclic) bond motifs is 1. The van der Waals surface area contributed by atoms with Gasteiger partial charge in [-0.3, -0.25) is 9.59 Å². The van der Waals surface area contributed by atoms with Gasteiger partial charge in [-0.2, -0.15) is 0 Å². The summed E-state index contributed by atoms with van der Waals surface area (Å²) in [5.74, 6) is -2.73. The molecule has 1 amide bonds. The molecule has 0 saturated heterocycles. The summed E-state index contributed by atoms with van der Waals surface area (Å²) in [6.45, 7) is 1.42. The number of nitrogens with one attached hydrogen (secondary N) is 1. The second-order valence-electron chi connectivity index (χ2n) is 5.77. The highest BCUT2D eigenvalue weighted by atomic mass is 16.7. The minimum atomic E-state index is -1.25. The summed E-state index contributed by atoms with van der Waals surface area (Å²) in [7, 11) is 0. The normalized spacial score (nSPS) is 21.4. The van der Waals surface area contributed by atoms with E-state index in [9.17, 15) is 19.5 Å². The number of allylic oxidation sites excluding steroid dienone is 2. The van der Waals surface area contributed by atoms with Crippen LogP contribution in [0.1, 0.15) is 30.1 Å². The van der Waals surface area contributed by atoms with Crippen LogP contribution in [0.3, 0.4) is 0 Å². The molecule has 126 valence electrons. The van der Waals surface area contributed by atoms with E-state index in [1.165, 1.54) is 19.1 Å². The molecule has 1 aliphatic carbocycles. The number of Topliss-reactive ketones (excluding diaryl/α,β-unsaturated/α-hetero) is 1. The molecule has 1 heterocycles.